The van der Waals surface area contributed by atoms with Crippen LogP contribution in [0.25, 0.3) is 0 Å². The van der Waals surface area contributed by atoms with E-state index in [1.165, 1.54) is 6.42 Å². The van der Waals surface area contributed by atoms with Gasteiger partial charge in [-0.1, -0.05) is 18.9 Å². The van der Waals surface area contributed by atoms with Crippen molar-refractivity contribution in [3.8, 4) is 0 Å². The van der Waals surface area contributed by atoms with Crippen LogP contribution in [-0.4, -0.2) is 27.4 Å². The molecule has 0 rings (SSSR count). The van der Waals surface area contributed by atoms with Crippen LogP contribution in [0.2, 0.25) is 0 Å². The Bertz CT molecular complexity index is 131. The molecule has 0 heterocycles. The van der Waals surface area contributed by atoms with Gasteiger partial charge in [0.1, 0.15) is 0 Å². The van der Waals surface area contributed by atoms with Crippen LogP contribution in [0.1, 0.15) is 41.0 Å². The van der Waals surface area contributed by atoms with Crippen LogP contribution in [0.5, 0.6) is 0 Å². The van der Waals surface area contributed by atoms with Crippen molar-refractivity contribution in [2.24, 2.45) is 0 Å². The van der Waals surface area contributed by atoms with E-state index in [2.05, 4.69) is 51.6 Å². The normalized spacial score (nSPS) is 15.0. The summed E-state index contributed by atoms with van der Waals surface area (Å²) in [6.07, 6.45) is 1.21. The van der Waals surface area contributed by atoms with E-state index in [1.54, 1.807) is 0 Å². The molecule has 3 heteroatoms. The lowest BCUT2D eigenvalue weighted by Gasteiger charge is -2.38. The highest BCUT2D eigenvalue weighted by molar-refractivity contribution is 7.97. The Labute approximate surface area is 93.2 Å². The second-order valence-corrected chi connectivity index (χ2v) is 5.82. The van der Waals surface area contributed by atoms with Gasteiger partial charge in [0.05, 0.1) is 0 Å². The first-order valence-electron chi connectivity index (χ1n) is 4.96. The van der Waals surface area contributed by atoms with Crippen molar-refractivity contribution in [3.05, 3.63) is 0 Å². The molecule has 0 fully saturated rings. The molecule has 0 saturated carbocycles. The van der Waals surface area contributed by atoms with Gasteiger partial charge in [-0.25, -0.2) is 4.31 Å². The minimum atomic E-state index is 0.253. The second-order valence-electron chi connectivity index (χ2n) is 4.31. The summed E-state index contributed by atoms with van der Waals surface area (Å²) in [5.41, 5.74) is 0.253. The van der Waals surface area contributed by atoms with Crippen molar-refractivity contribution < 1.29 is 0 Å². The first kappa shape index (κ1) is 13.7. The Morgan fingerprint density at radius 2 is 1.92 bits per heavy atom. The molecule has 1 nitrogen and oxygen atoms in total. The van der Waals surface area contributed by atoms with E-state index in [4.69, 9.17) is 0 Å². The van der Waals surface area contributed by atoms with Gasteiger partial charge in [0.2, 0.25) is 0 Å². The van der Waals surface area contributed by atoms with E-state index in [9.17, 15) is 0 Å². The van der Waals surface area contributed by atoms with Gasteiger partial charge in [0.15, 0.2) is 0 Å². The lowest BCUT2D eigenvalue weighted by Crippen LogP contribution is -2.42. The summed E-state index contributed by atoms with van der Waals surface area (Å²) in [4.78, 5) is 0. The van der Waals surface area contributed by atoms with E-state index >= 15 is 0 Å². The lowest BCUT2D eigenvalue weighted by atomic mass is 10.1. The average Bonchev–Trinajstić information content (AvgIpc) is 2.02. The zero-order valence-electron chi connectivity index (χ0n) is 9.50. The van der Waals surface area contributed by atoms with Crippen LogP contribution < -0.4 is 0 Å². The number of hydrogen-bond donors (Lipinski definition) is 1. The fourth-order valence-electron chi connectivity index (χ4n) is 1.29. The number of thiol groups is 1. The molecule has 1 unspecified atom stereocenters. The minimum Gasteiger partial charge on any atom is -0.243 e. The van der Waals surface area contributed by atoms with E-state index in [1.807, 2.05) is 11.9 Å². The van der Waals surface area contributed by atoms with Crippen molar-refractivity contribution in [2.75, 3.05) is 11.5 Å². The standard InChI is InChI=1S/C10H23NS2/c1-6-9(2)11(10(3,4)5)13-8-7-12/h9,12H,6-8H2,1-5H3. The molecule has 0 spiro atoms. The van der Waals surface area contributed by atoms with Crippen molar-refractivity contribution in [1.29, 1.82) is 0 Å². The van der Waals surface area contributed by atoms with Gasteiger partial charge in [-0.15, -0.1) is 0 Å². The van der Waals surface area contributed by atoms with E-state index in [0.29, 0.717) is 6.04 Å². The van der Waals surface area contributed by atoms with Crippen LogP contribution >= 0.6 is 24.6 Å². The van der Waals surface area contributed by atoms with Crippen LogP contribution in [-0.2, 0) is 0 Å². The average molecular weight is 221 g/mol. The predicted molar refractivity (Wildman–Crippen MR) is 67.7 cm³/mol. The molecule has 0 aliphatic rings. The van der Waals surface area contributed by atoms with E-state index < -0.39 is 0 Å². The lowest BCUT2D eigenvalue weighted by molar-refractivity contribution is 0.216. The Hall–Kier alpha value is 0.660. The molecular weight excluding hydrogens is 198 g/mol. The zero-order chi connectivity index (χ0) is 10.5. The Kier molecular flexibility index (Phi) is 6.52. The maximum Gasteiger partial charge on any atom is 0.0232 e. The molecule has 0 bridgehead atoms. The van der Waals surface area contributed by atoms with Crippen LogP contribution in [0.4, 0.5) is 0 Å². The largest absolute Gasteiger partial charge is 0.243 e. The van der Waals surface area contributed by atoms with Crippen molar-refractivity contribution in [3.63, 3.8) is 0 Å². The molecule has 13 heavy (non-hydrogen) atoms. The molecule has 0 aliphatic heterocycles. The molecule has 0 aromatic rings. The third kappa shape index (κ3) is 5.18. The molecule has 80 valence electrons. The maximum absolute atomic E-state index is 4.24. The van der Waals surface area contributed by atoms with Gasteiger partial charge in [-0.3, -0.25) is 0 Å². The maximum atomic E-state index is 4.24. The van der Waals surface area contributed by atoms with E-state index in [0.717, 1.165) is 11.5 Å². The highest BCUT2D eigenvalue weighted by Gasteiger charge is 2.25. The Balaban J connectivity index is 4.19. The minimum absolute atomic E-state index is 0.253. The smallest absolute Gasteiger partial charge is 0.0232 e. The molecule has 0 aromatic heterocycles. The number of nitrogens with zero attached hydrogens (tertiary/aromatic N) is 1. The summed E-state index contributed by atoms with van der Waals surface area (Å²) in [7, 11) is 0. The quantitative estimate of drug-likeness (QED) is 0.559. The zero-order valence-corrected chi connectivity index (χ0v) is 11.2. The first-order valence-corrected chi connectivity index (χ1v) is 6.54. The van der Waals surface area contributed by atoms with Crippen molar-refractivity contribution in [2.45, 2.75) is 52.6 Å². The van der Waals surface area contributed by atoms with Gasteiger partial charge in [-0.2, -0.15) is 12.6 Å². The van der Waals surface area contributed by atoms with Gasteiger partial charge in [0, 0.05) is 23.1 Å². The van der Waals surface area contributed by atoms with E-state index in [-0.39, 0.29) is 5.54 Å². The fourth-order valence-corrected chi connectivity index (χ4v) is 2.60. The predicted octanol–water partition coefficient (Wildman–Crippen LogP) is 3.46. The molecule has 1 atom stereocenters. The van der Waals surface area contributed by atoms with Crippen LogP contribution in [0.15, 0.2) is 0 Å². The third-order valence-corrected chi connectivity index (χ3v) is 4.07. The highest BCUT2D eigenvalue weighted by atomic mass is 32.2. The fraction of sp³-hybridized carbons (Fsp3) is 1.00. The second kappa shape index (κ2) is 6.20. The molecule has 0 aromatic carbocycles. The van der Waals surface area contributed by atoms with Crippen LogP contribution in [0.3, 0.4) is 0 Å². The van der Waals surface area contributed by atoms with Gasteiger partial charge in [-0.05, 0) is 34.1 Å². The Morgan fingerprint density at radius 3 is 2.23 bits per heavy atom. The monoisotopic (exact) mass is 221 g/mol. The summed E-state index contributed by atoms with van der Waals surface area (Å²) in [5.74, 6) is 2.05. The summed E-state index contributed by atoms with van der Waals surface area (Å²) < 4.78 is 2.49. The summed E-state index contributed by atoms with van der Waals surface area (Å²) in [6, 6.07) is 0.643. The van der Waals surface area contributed by atoms with Gasteiger partial charge in [0.25, 0.3) is 0 Å². The summed E-state index contributed by atoms with van der Waals surface area (Å²) in [6.45, 7) is 11.3. The molecule has 0 radical (unpaired) electrons. The van der Waals surface area contributed by atoms with Crippen molar-refractivity contribution >= 4 is 24.6 Å². The summed E-state index contributed by atoms with van der Waals surface area (Å²) >= 11 is 6.16. The molecule has 0 amide bonds. The first-order chi connectivity index (χ1) is 5.93. The Morgan fingerprint density at radius 1 is 1.38 bits per heavy atom. The molecule has 0 N–H and O–H groups in total. The third-order valence-electron chi connectivity index (χ3n) is 1.97. The number of rotatable bonds is 5. The highest BCUT2D eigenvalue weighted by Crippen LogP contribution is 2.27. The van der Waals surface area contributed by atoms with Crippen LogP contribution in [0, 0.1) is 0 Å². The topological polar surface area (TPSA) is 3.24 Å². The van der Waals surface area contributed by atoms with Gasteiger partial charge >= 0.3 is 0 Å². The SMILES string of the molecule is CCC(C)N(SCCS)C(C)(C)C. The molecule has 0 saturated heterocycles. The summed E-state index contributed by atoms with van der Waals surface area (Å²) in [5, 5.41) is 0. The van der Waals surface area contributed by atoms with Crippen molar-refractivity contribution in [1.82, 2.24) is 4.31 Å². The molecular formula is C10H23NS2. The van der Waals surface area contributed by atoms with Gasteiger partial charge < -0.3 is 0 Å². The number of hydrogen-bond acceptors (Lipinski definition) is 3. The molecule has 0 aliphatic carbocycles.